The molecule has 0 aromatic heterocycles. The van der Waals surface area contributed by atoms with Crippen molar-refractivity contribution < 1.29 is 9.59 Å². The van der Waals surface area contributed by atoms with Crippen molar-refractivity contribution in [3.63, 3.8) is 0 Å². The summed E-state index contributed by atoms with van der Waals surface area (Å²) >= 11 is 0. The van der Waals surface area contributed by atoms with E-state index < -0.39 is 5.91 Å². The highest BCUT2D eigenvalue weighted by Gasteiger charge is 2.35. The van der Waals surface area contributed by atoms with Crippen molar-refractivity contribution in [1.29, 1.82) is 0 Å². The molecular weight excluding hydrogens is 264 g/mol. The molecule has 0 unspecified atom stereocenters. The molecule has 4 heteroatoms. The molecule has 2 saturated carbocycles. The van der Waals surface area contributed by atoms with E-state index in [4.69, 9.17) is 0 Å². The summed E-state index contributed by atoms with van der Waals surface area (Å²) in [5.74, 6) is 0.865. The quantitative estimate of drug-likeness (QED) is 0.780. The first-order chi connectivity index (χ1) is 10.1. The summed E-state index contributed by atoms with van der Waals surface area (Å²) in [5, 5.41) is 0. The number of carbonyl (C=O) groups is 2. The van der Waals surface area contributed by atoms with Gasteiger partial charge in [-0.3, -0.25) is 9.59 Å². The smallest absolute Gasteiger partial charge is 0.299 e. The number of anilines is 2. The van der Waals surface area contributed by atoms with Gasteiger partial charge < -0.3 is 9.80 Å². The van der Waals surface area contributed by atoms with E-state index >= 15 is 0 Å². The van der Waals surface area contributed by atoms with Gasteiger partial charge in [0.05, 0.1) is 11.3 Å². The Balaban J connectivity index is 1.64. The summed E-state index contributed by atoms with van der Waals surface area (Å²) in [5.41, 5.74) is 2.46. The molecule has 4 rings (SSSR count). The molecule has 2 aliphatic carbocycles. The van der Waals surface area contributed by atoms with E-state index in [1.165, 1.54) is 30.6 Å². The average Bonchev–Trinajstić information content (AvgIpc) is 3.39. The molecule has 21 heavy (non-hydrogen) atoms. The third-order valence-corrected chi connectivity index (χ3v) is 4.80. The fraction of sp³-hybridized carbons (Fsp3) is 0.529. The molecule has 110 valence electrons. The molecule has 3 aliphatic rings. The van der Waals surface area contributed by atoms with Gasteiger partial charge in [0.2, 0.25) is 0 Å². The Bertz CT molecular complexity index is 603. The highest BCUT2D eigenvalue weighted by Crippen LogP contribution is 2.38. The third-order valence-electron chi connectivity index (χ3n) is 4.80. The first-order valence-electron chi connectivity index (χ1n) is 7.85. The van der Waals surface area contributed by atoms with Gasteiger partial charge in [-0.25, -0.2) is 0 Å². The van der Waals surface area contributed by atoms with Crippen LogP contribution in [-0.4, -0.2) is 31.8 Å². The fourth-order valence-corrected chi connectivity index (χ4v) is 3.07. The normalized spacial score (nSPS) is 20.9. The third kappa shape index (κ3) is 2.33. The molecule has 0 spiro atoms. The van der Waals surface area contributed by atoms with Crippen molar-refractivity contribution in [2.45, 2.75) is 25.7 Å². The highest BCUT2D eigenvalue weighted by atomic mass is 16.2. The molecule has 0 saturated heterocycles. The number of likely N-dealkylation sites (N-methyl/N-ethyl adjacent to an activating group) is 1. The van der Waals surface area contributed by atoms with Crippen LogP contribution in [-0.2, 0) is 4.79 Å². The SMILES string of the molecule is CN1C(=O)C(=O)c2ccc(N(CC3CC3)CC3CC3)cc21. The Hall–Kier alpha value is -1.84. The van der Waals surface area contributed by atoms with Crippen molar-refractivity contribution >= 4 is 23.1 Å². The van der Waals surface area contributed by atoms with Gasteiger partial charge in [0.25, 0.3) is 11.7 Å². The summed E-state index contributed by atoms with van der Waals surface area (Å²) in [7, 11) is 1.68. The molecule has 2 fully saturated rings. The lowest BCUT2D eigenvalue weighted by atomic mass is 10.1. The zero-order valence-corrected chi connectivity index (χ0v) is 12.3. The number of amides is 1. The lowest BCUT2D eigenvalue weighted by Gasteiger charge is -2.26. The Morgan fingerprint density at radius 2 is 1.71 bits per heavy atom. The number of ketones is 1. The lowest BCUT2D eigenvalue weighted by Crippen LogP contribution is -2.28. The molecule has 1 aromatic carbocycles. The van der Waals surface area contributed by atoms with Crippen molar-refractivity contribution in [3.8, 4) is 0 Å². The predicted molar refractivity (Wildman–Crippen MR) is 81.8 cm³/mol. The first-order valence-corrected chi connectivity index (χ1v) is 7.85. The molecule has 0 radical (unpaired) electrons. The monoisotopic (exact) mass is 284 g/mol. The van der Waals surface area contributed by atoms with Crippen molar-refractivity contribution in [1.82, 2.24) is 0 Å². The number of carbonyl (C=O) groups excluding carboxylic acids is 2. The standard InChI is InChI=1S/C17H20N2O2/c1-18-15-8-13(6-7-14(15)16(20)17(18)21)19(9-11-2-3-11)10-12-4-5-12/h6-8,11-12H,2-5,9-10H2,1H3. The second kappa shape index (κ2) is 4.58. The van der Waals surface area contributed by atoms with Crippen molar-refractivity contribution in [3.05, 3.63) is 23.8 Å². The first kappa shape index (κ1) is 12.9. The molecule has 1 amide bonds. The van der Waals surface area contributed by atoms with E-state index in [0.29, 0.717) is 5.56 Å². The molecule has 1 aliphatic heterocycles. The van der Waals surface area contributed by atoms with Crippen LogP contribution in [0.5, 0.6) is 0 Å². The average molecular weight is 284 g/mol. The van der Waals surface area contributed by atoms with E-state index in [1.807, 2.05) is 18.2 Å². The number of fused-ring (bicyclic) bond motifs is 1. The highest BCUT2D eigenvalue weighted by molar-refractivity contribution is 6.52. The van der Waals surface area contributed by atoms with E-state index in [2.05, 4.69) is 4.90 Å². The second-order valence-electron chi connectivity index (χ2n) is 6.69. The number of hydrogen-bond donors (Lipinski definition) is 0. The minimum absolute atomic E-state index is 0.380. The van der Waals surface area contributed by atoms with E-state index in [0.717, 1.165) is 36.3 Å². The number of rotatable bonds is 5. The number of nitrogens with zero attached hydrogens (tertiary/aromatic N) is 2. The van der Waals surface area contributed by atoms with Gasteiger partial charge in [-0.2, -0.15) is 0 Å². The van der Waals surface area contributed by atoms with E-state index in [-0.39, 0.29) is 5.78 Å². The van der Waals surface area contributed by atoms with Crippen LogP contribution in [0.1, 0.15) is 36.0 Å². The van der Waals surface area contributed by atoms with Gasteiger partial charge in [0, 0.05) is 25.8 Å². The van der Waals surface area contributed by atoms with Crippen LogP contribution in [0, 0.1) is 11.8 Å². The molecule has 0 bridgehead atoms. The number of benzene rings is 1. The molecule has 1 heterocycles. The van der Waals surface area contributed by atoms with Gasteiger partial charge in [-0.1, -0.05) is 0 Å². The Labute approximate surface area is 124 Å². The summed E-state index contributed by atoms with van der Waals surface area (Å²) in [6.45, 7) is 2.22. The van der Waals surface area contributed by atoms with Crippen LogP contribution in [0.3, 0.4) is 0 Å². The van der Waals surface area contributed by atoms with Crippen LogP contribution < -0.4 is 9.80 Å². The number of Topliss-reactive ketones (excluding diaryl/α,β-unsaturated/α-hetero) is 1. The Morgan fingerprint density at radius 1 is 1.10 bits per heavy atom. The summed E-state index contributed by atoms with van der Waals surface area (Å²) < 4.78 is 0. The van der Waals surface area contributed by atoms with Crippen LogP contribution in [0.15, 0.2) is 18.2 Å². The van der Waals surface area contributed by atoms with Gasteiger partial charge >= 0.3 is 0 Å². The zero-order valence-electron chi connectivity index (χ0n) is 12.3. The summed E-state index contributed by atoms with van der Waals surface area (Å²) in [6, 6.07) is 5.85. The van der Waals surface area contributed by atoms with Gasteiger partial charge in [-0.15, -0.1) is 0 Å². The van der Waals surface area contributed by atoms with Crippen LogP contribution in [0.25, 0.3) is 0 Å². The van der Waals surface area contributed by atoms with Crippen LogP contribution >= 0.6 is 0 Å². The Kier molecular flexibility index (Phi) is 2.81. The molecule has 4 nitrogen and oxygen atoms in total. The van der Waals surface area contributed by atoms with Crippen LogP contribution in [0.4, 0.5) is 11.4 Å². The van der Waals surface area contributed by atoms with Gasteiger partial charge in [-0.05, 0) is 55.7 Å². The van der Waals surface area contributed by atoms with E-state index in [9.17, 15) is 9.59 Å². The maximum absolute atomic E-state index is 11.9. The molecule has 1 aromatic rings. The van der Waals surface area contributed by atoms with Gasteiger partial charge in [0.1, 0.15) is 0 Å². The van der Waals surface area contributed by atoms with E-state index in [1.54, 1.807) is 7.05 Å². The molecule has 0 atom stereocenters. The maximum atomic E-state index is 11.9. The Morgan fingerprint density at radius 3 is 2.29 bits per heavy atom. The van der Waals surface area contributed by atoms with Crippen molar-refractivity contribution in [2.75, 3.05) is 29.9 Å². The molecule has 0 N–H and O–H groups in total. The summed E-state index contributed by atoms with van der Waals surface area (Å²) in [4.78, 5) is 27.6. The zero-order chi connectivity index (χ0) is 14.6. The summed E-state index contributed by atoms with van der Waals surface area (Å²) in [6.07, 6.45) is 5.35. The predicted octanol–water partition coefficient (Wildman–Crippen LogP) is 2.47. The maximum Gasteiger partial charge on any atom is 0.299 e. The molecular formula is C17H20N2O2. The van der Waals surface area contributed by atoms with Crippen LogP contribution in [0.2, 0.25) is 0 Å². The minimum Gasteiger partial charge on any atom is -0.371 e. The van der Waals surface area contributed by atoms with Crippen molar-refractivity contribution in [2.24, 2.45) is 11.8 Å². The lowest BCUT2D eigenvalue weighted by molar-refractivity contribution is -0.114. The fourth-order valence-electron chi connectivity index (χ4n) is 3.07. The van der Waals surface area contributed by atoms with Gasteiger partial charge in [0.15, 0.2) is 0 Å². The topological polar surface area (TPSA) is 40.6 Å². The second-order valence-corrected chi connectivity index (χ2v) is 6.69. The number of hydrogen-bond acceptors (Lipinski definition) is 3. The largest absolute Gasteiger partial charge is 0.371 e. The minimum atomic E-state index is -0.418.